The molecule has 1 heterocycles. The van der Waals surface area contributed by atoms with E-state index in [4.69, 9.17) is 14.2 Å². The number of carbonyl (C=O) groups excluding carboxylic acids is 1. The van der Waals surface area contributed by atoms with Gasteiger partial charge in [-0.1, -0.05) is 42.1 Å². The van der Waals surface area contributed by atoms with Gasteiger partial charge in [-0.25, -0.2) is 9.69 Å². The van der Waals surface area contributed by atoms with Crippen molar-refractivity contribution in [2.45, 2.75) is 29.2 Å². The highest BCUT2D eigenvalue weighted by atomic mass is 32.2. The van der Waals surface area contributed by atoms with Crippen molar-refractivity contribution in [3.63, 3.8) is 0 Å². The van der Waals surface area contributed by atoms with E-state index in [2.05, 4.69) is 0 Å². The molecule has 4 rings (SSSR count). The number of hydrogen-bond donors (Lipinski definition) is 0. The van der Waals surface area contributed by atoms with Crippen LogP contribution in [0.3, 0.4) is 0 Å². The Bertz CT molecular complexity index is 1030. The fraction of sp³-hybridized carbons (Fsp3) is 0.208. The van der Waals surface area contributed by atoms with Gasteiger partial charge in [0.05, 0.1) is 25.6 Å². The molecule has 0 radical (unpaired) electrons. The summed E-state index contributed by atoms with van der Waals surface area (Å²) in [7, 11) is 3.25. The third kappa shape index (κ3) is 3.71. The van der Waals surface area contributed by atoms with E-state index in [0.29, 0.717) is 0 Å². The van der Waals surface area contributed by atoms with E-state index in [1.54, 1.807) is 30.9 Å². The fourth-order valence-electron chi connectivity index (χ4n) is 3.38. The first-order valence-electron chi connectivity index (χ1n) is 9.55. The molecule has 6 heteroatoms. The molecular weight excluding hydrogens is 398 g/mol. The van der Waals surface area contributed by atoms with Gasteiger partial charge in [-0.2, -0.15) is 0 Å². The van der Waals surface area contributed by atoms with E-state index in [9.17, 15) is 4.79 Å². The number of hydrogen-bond acceptors (Lipinski definition) is 5. The van der Waals surface area contributed by atoms with Crippen LogP contribution in [0.4, 0.5) is 16.2 Å². The normalized spacial score (nSPS) is 12.6. The van der Waals surface area contributed by atoms with Gasteiger partial charge in [-0.3, -0.25) is 0 Å². The molecule has 0 fully saturated rings. The molecule has 0 aliphatic carbocycles. The molecule has 0 saturated carbocycles. The smallest absolute Gasteiger partial charge is 0.419 e. The number of anilines is 2. The maximum absolute atomic E-state index is 13.5. The summed E-state index contributed by atoms with van der Waals surface area (Å²) >= 11 is 1.57. The second-order valence-electron chi connectivity index (χ2n) is 7.35. The van der Waals surface area contributed by atoms with Crippen LogP contribution in [0.15, 0.2) is 76.5 Å². The van der Waals surface area contributed by atoms with Gasteiger partial charge in [0.25, 0.3) is 0 Å². The average molecular weight is 422 g/mol. The van der Waals surface area contributed by atoms with Gasteiger partial charge in [-0.05, 0) is 55.8 Å². The summed E-state index contributed by atoms with van der Waals surface area (Å²) in [4.78, 5) is 16.9. The van der Waals surface area contributed by atoms with Gasteiger partial charge >= 0.3 is 6.09 Å². The lowest BCUT2D eigenvalue weighted by atomic mass is 9.98. The van der Waals surface area contributed by atoms with Gasteiger partial charge in [0.1, 0.15) is 17.1 Å². The summed E-state index contributed by atoms with van der Waals surface area (Å²) in [5.41, 5.74) is 1.65. The number of fused-ring (bicyclic) bond motifs is 2. The second-order valence-corrected chi connectivity index (χ2v) is 8.43. The van der Waals surface area contributed by atoms with E-state index in [1.807, 2.05) is 80.6 Å². The highest BCUT2D eigenvalue weighted by molar-refractivity contribution is 7.99. The number of amides is 1. The first-order valence-corrected chi connectivity index (χ1v) is 10.4. The van der Waals surface area contributed by atoms with E-state index in [0.717, 1.165) is 38.2 Å². The Balaban J connectivity index is 1.76. The highest BCUT2D eigenvalue weighted by Gasteiger charge is 2.34. The van der Waals surface area contributed by atoms with Gasteiger partial charge in [0.15, 0.2) is 0 Å². The number of rotatable bonds is 4. The summed E-state index contributed by atoms with van der Waals surface area (Å²) in [5, 5.41) is 0. The first kappa shape index (κ1) is 20.2. The lowest BCUT2D eigenvalue weighted by Gasteiger charge is -2.34. The zero-order valence-corrected chi connectivity index (χ0v) is 18.2. The zero-order chi connectivity index (χ0) is 21.3. The third-order valence-corrected chi connectivity index (χ3v) is 6.12. The number of nitrogens with zero attached hydrogens (tertiary/aromatic N) is 1. The standard InChI is InChI=1S/C24H23NO4S/c1-24(2,16-8-6-5-7-9-16)29-23(26)25-19-12-10-17(27-3)14-21(19)30-22-15-18(28-4)11-13-20(22)25/h5-15H,1-4H3. The first-order chi connectivity index (χ1) is 14.4. The third-order valence-electron chi connectivity index (χ3n) is 5.03. The van der Waals surface area contributed by atoms with Crippen LogP contribution in [-0.4, -0.2) is 20.3 Å². The SMILES string of the molecule is COc1ccc2c(c1)Sc1cc(OC)ccc1N2C(=O)OC(C)(C)c1ccccc1. The summed E-state index contributed by atoms with van der Waals surface area (Å²) in [6.45, 7) is 3.78. The predicted octanol–water partition coefficient (Wildman–Crippen LogP) is 6.38. The molecule has 0 spiro atoms. The molecule has 0 atom stereocenters. The molecule has 0 N–H and O–H groups in total. The number of methoxy groups -OCH3 is 2. The van der Waals surface area contributed by atoms with Crippen LogP contribution in [0.25, 0.3) is 0 Å². The van der Waals surface area contributed by atoms with Crippen molar-refractivity contribution in [2.75, 3.05) is 19.1 Å². The van der Waals surface area contributed by atoms with Crippen molar-refractivity contribution < 1.29 is 19.0 Å². The number of ether oxygens (including phenoxy) is 3. The van der Waals surface area contributed by atoms with Crippen LogP contribution >= 0.6 is 11.8 Å². The number of benzene rings is 3. The molecule has 30 heavy (non-hydrogen) atoms. The lowest BCUT2D eigenvalue weighted by Crippen LogP contribution is -2.35. The highest BCUT2D eigenvalue weighted by Crippen LogP contribution is 2.50. The Labute approximate surface area is 180 Å². The Kier molecular flexibility index (Phi) is 5.35. The van der Waals surface area contributed by atoms with E-state index >= 15 is 0 Å². The Morgan fingerprint density at radius 2 is 1.37 bits per heavy atom. The minimum atomic E-state index is -0.789. The largest absolute Gasteiger partial charge is 0.497 e. The van der Waals surface area contributed by atoms with Crippen LogP contribution in [0.1, 0.15) is 19.4 Å². The maximum atomic E-state index is 13.5. The minimum absolute atomic E-state index is 0.443. The van der Waals surface area contributed by atoms with Crippen molar-refractivity contribution in [1.29, 1.82) is 0 Å². The molecule has 1 amide bonds. The molecular formula is C24H23NO4S. The molecule has 5 nitrogen and oxygen atoms in total. The average Bonchev–Trinajstić information content (AvgIpc) is 2.76. The Morgan fingerprint density at radius 3 is 1.87 bits per heavy atom. The fourth-order valence-corrected chi connectivity index (χ4v) is 4.50. The maximum Gasteiger partial charge on any atom is 0.419 e. The molecule has 0 bridgehead atoms. The van der Waals surface area contributed by atoms with Gasteiger partial charge < -0.3 is 14.2 Å². The topological polar surface area (TPSA) is 48.0 Å². The van der Waals surface area contributed by atoms with Crippen molar-refractivity contribution in [1.82, 2.24) is 0 Å². The predicted molar refractivity (Wildman–Crippen MR) is 118 cm³/mol. The second kappa shape index (κ2) is 7.95. The lowest BCUT2D eigenvalue weighted by molar-refractivity contribution is 0.0430. The van der Waals surface area contributed by atoms with Crippen LogP contribution in [-0.2, 0) is 10.3 Å². The molecule has 1 aliphatic rings. The minimum Gasteiger partial charge on any atom is -0.497 e. The molecule has 3 aromatic rings. The molecule has 3 aromatic carbocycles. The molecule has 1 aliphatic heterocycles. The summed E-state index contributed by atoms with van der Waals surface area (Å²) in [6, 6.07) is 21.0. The van der Waals surface area contributed by atoms with E-state index < -0.39 is 11.7 Å². The van der Waals surface area contributed by atoms with Crippen molar-refractivity contribution >= 4 is 29.2 Å². The quantitative estimate of drug-likeness (QED) is 0.489. The Morgan fingerprint density at radius 1 is 0.833 bits per heavy atom. The summed E-state index contributed by atoms with van der Waals surface area (Å²) in [5.74, 6) is 1.45. The summed E-state index contributed by atoms with van der Waals surface area (Å²) < 4.78 is 16.8. The van der Waals surface area contributed by atoms with Gasteiger partial charge in [0, 0.05) is 9.79 Å². The molecule has 154 valence electrons. The molecule has 0 saturated heterocycles. The molecule has 0 aromatic heterocycles. The van der Waals surface area contributed by atoms with Crippen LogP contribution in [0, 0.1) is 0 Å². The van der Waals surface area contributed by atoms with Crippen molar-refractivity contribution in [2.24, 2.45) is 0 Å². The summed E-state index contributed by atoms with van der Waals surface area (Å²) in [6.07, 6.45) is -0.443. The van der Waals surface area contributed by atoms with Crippen LogP contribution in [0.5, 0.6) is 11.5 Å². The van der Waals surface area contributed by atoms with E-state index in [1.165, 1.54) is 0 Å². The zero-order valence-electron chi connectivity index (χ0n) is 17.3. The Hall–Kier alpha value is -3.12. The number of carbonyl (C=O) groups is 1. The van der Waals surface area contributed by atoms with Crippen LogP contribution in [0.2, 0.25) is 0 Å². The van der Waals surface area contributed by atoms with Crippen molar-refractivity contribution in [3.8, 4) is 11.5 Å². The monoisotopic (exact) mass is 421 g/mol. The van der Waals surface area contributed by atoms with Crippen molar-refractivity contribution in [3.05, 3.63) is 72.3 Å². The van der Waals surface area contributed by atoms with Gasteiger partial charge in [0.2, 0.25) is 0 Å². The molecule has 0 unspecified atom stereocenters. The van der Waals surface area contributed by atoms with Gasteiger partial charge in [-0.15, -0.1) is 0 Å². The van der Waals surface area contributed by atoms with E-state index in [-0.39, 0.29) is 0 Å². The van der Waals surface area contributed by atoms with Crippen LogP contribution < -0.4 is 14.4 Å².